The van der Waals surface area contributed by atoms with Crippen LogP contribution < -0.4 is 28.4 Å². The number of nitrogens with zero attached hydrogens (tertiary/aromatic N) is 6. The van der Waals surface area contributed by atoms with Crippen molar-refractivity contribution in [3.8, 4) is 68.4 Å². The van der Waals surface area contributed by atoms with Crippen molar-refractivity contribution in [2.45, 2.75) is 130 Å². The highest BCUT2D eigenvalue weighted by atomic mass is 79.9. The van der Waals surface area contributed by atoms with Crippen LogP contribution in [0.1, 0.15) is 130 Å². The molecule has 0 N–H and O–H groups in total. The normalized spacial score (nSPS) is 11.2. The highest BCUT2D eigenvalue weighted by Crippen LogP contribution is 2.42. The first-order valence-electron chi connectivity index (χ1n) is 22.7. The van der Waals surface area contributed by atoms with Crippen molar-refractivity contribution in [3.05, 3.63) is 57.7 Å². The number of rotatable bonds is 30. The zero-order chi connectivity index (χ0) is 44.1. The lowest BCUT2D eigenvalue weighted by Crippen LogP contribution is -2.05. The van der Waals surface area contributed by atoms with Gasteiger partial charge in [0, 0.05) is 23.3 Å². The first-order valence-corrected chi connectivity index (χ1v) is 24.2. The van der Waals surface area contributed by atoms with E-state index >= 15 is 0 Å². The molecule has 0 amide bonds. The summed E-state index contributed by atoms with van der Waals surface area (Å²) in [5.74, 6) is 3.98. The lowest BCUT2D eigenvalue weighted by molar-refractivity contribution is 0.288. The Morgan fingerprint density at radius 3 is 1.08 bits per heavy atom. The molecule has 0 fully saturated rings. The van der Waals surface area contributed by atoms with Gasteiger partial charge in [-0.2, -0.15) is 0 Å². The van der Waals surface area contributed by atoms with Crippen molar-refractivity contribution in [2.75, 3.05) is 40.6 Å². The molecule has 338 valence electrons. The summed E-state index contributed by atoms with van der Waals surface area (Å²) >= 11 is 7.49. The molecule has 62 heavy (non-hydrogen) atoms. The van der Waals surface area contributed by atoms with Crippen LogP contribution in [0.15, 0.2) is 57.7 Å². The Morgan fingerprint density at radius 1 is 0.419 bits per heavy atom. The number of aromatic nitrogens is 6. The van der Waals surface area contributed by atoms with Gasteiger partial charge in [-0.3, -0.25) is 0 Å². The van der Waals surface area contributed by atoms with E-state index < -0.39 is 0 Å². The number of hydrogen-bond acceptors (Lipinski definition) is 10. The van der Waals surface area contributed by atoms with Crippen LogP contribution in [-0.2, 0) is 0 Å². The summed E-state index contributed by atoms with van der Waals surface area (Å²) in [6.45, 7) is 11.3. The van der Waals surface area contributed by atoms with Crippen LogP contribution in [0.25, 0.3) is 33.9 Å². The van der Waals surface area contributed by atoms with Gasteiger partial charge in [-0.05, 0) is 81.8 Å². The predicted molar refractivity (Wildman–Crippen MR) is 254 cm³/mol. The van der Waals surface area contributed by atoms with E-state index in [2.05, 4.69) is 80.2 Å². The number of methoxy groups -OCH3 is 2. The molecule has 0 aliphatic heterocycles. The van der Waals surface area contributed by atoms with Gasteiger partial charge in [-0.25, -0.2) is 9.36 Å². The molecular weight excluding hydrogens is 916 g/mol. The minimum Gasteiger partial charge on any atom is -0.496 e. The Hall–Kier alpha value is -4.30. The molecule has 0 aliphatic rings. The summed E-state index contributed by atoms with van der Waals surface area (Å²) in [5.41, 5.74) is 4.07. The fourth-order valence-corrected chi connectivity index (χ4v) is 7.90. The molecule has 12 nitrogen and oxygen atoms in total. The lowest BCUT2D eigenvalue weighted by atomic mass is 10.0. The topological polar surface area (TPSA) is 117 Å². The lowest BCUT2D eigenvalue weighted by Gasteiger charge is -2.16. The van der Waals surface area contributed by atoms with Crippen molar-refractivity contribution >= 4 is 31.9 Å². The summed E-state index contributed by atoms with van der Waals surface area (Å²) < 4.78 is 42.2. The molecule has 2 heterocycles. The van der Waals surface area contributed by atoms with E-state index in [1.165, 1.54) is 38.5 Å². The number of unbranched alkanes of at least 4 members (excludes halogenated alkanes) is 12. The zero-order valence-electron chi connectivity index (χ0n) is 37.6. The molecule has 5 rings (SSSR count). The Morgan fingerprint density at radius 2 is 0.758 bits per heavy atom. The molecule has 0 atom stereocenters. The molecular formula is C48H66Br2N6O6. The van der Waals surface area contributed by atoms with Crippen LogP contribution in [-0.4, -0.2) is 70.6 Å². The van der Waals surface area contributed by atoms with Gasteiger partial charge in [-0.15, -0.1) is 10.2 Å². The Balaban J connectivity index is 1.43. The molecule has 0 saturated carbocycles. The number of ether oxygens (including phenoxy) is 6. The summed E-state index contributed by atoms with van der Waals surface area (Å²) in [4.78, 5) is 0. The average Bonchev–Trinajstić information content (AvgIpc) is 3.98. The summed E-state index contributed by atoms with van der Waals surface area (Å²) in [6.07, 6.45) is 21.6. The molecule has 14 heteroatoms. The number of halogens is 2. The highest BCUT2D eigenvalue weighted by molar-refractivity contribution is 9.11. The van der Waals surface area contributed by atoms with E-state index in [4.69, 9.17) is 28.4 Å². The Labute approximate surface area is 385 Å². The van der Waals surface area contributed by atoms with E-state index in [1.54, 1.807) is 23.6 Å². The van der Waals surface area contributed by atoms with Gasteiger partial charge in [0.25, 0.3) is 0 Å². The Kier molecular flexibility index (Phi) is 20.7. The van der Waals surface area contributed by atoms with Gasteiger partial charge in [-0.1, -0.05) is 115 Å². The van der Waals surface area contributed by atoms with Crippen LogP contribution >= 0.6 is 31.9 Å². The number of hydrogen-bond donors (Lipinski definition) is 0. The van der Waals surface area contributed by atoms with Crippen LogP contribution in [0, 0.1) is 0 Å². The molecule has 0 unspecified atom stereocenters. The fraction of sp³-hybridized carbons (Fsp3) is 0.542. The van der Waals surface area contributed by atoms with E-state index in [9.17, 15) is 0 Å². The molecule has 0 radical (unpaired) electrons. The quantitative estimate of drug-likeness (QED) is 0.0412. The van der Waals surface area contributed by atoms with E-state index in [0.717, 1.165) is 96.0 Å². The third kappa shape index (κ3) is 13.8. The number of benzene rings is 3. The molecule has 0 aliphatic carbocycles. The van der Waals surface area contributed by atoms with Gasteiger partial charge in [0.2, 0.25) is 0 Å². The second-order valence-electron chi connectivity index (χ2n) is 15.5. The van der Waals surface area contributed by atoms with Crippen molar-refractivity contribution in [1.82, 2.24) is 30.0 Å². The second-order valence-corrected chi connectivity index (χ2v) is 17.2. The summed E-state index contributed by atoms with van der Waals surface area (Å²) in [5, 5.41) is 18.3. The van der Waals surface area contributed by atoms with E-state index in [-0.39, 0.29) is 0 Å². The first kappa shape index (κ1) is 48.7. The standard InChI is InChI=1S/C48H66Br2N6O6/c1-7-11-15-19-23-59-45-31-47(61-25-21-17-13-9-3)41(29-37(45)49)55-33-39(51-53-55)35-27-44(58-6)36(28-43(35)57-5)40-34-56(54-52-40)42-30-38(50)46(60-24-20-16-12-8-2)32-48(42)62-26-22-18-14-10-4/h27-34H,7-26H2,1-6H3. The van der Waals surface area contributed by atoms with Crippen LogP contribution in [0.2, 0.25) is 0 Å². The van der Waals surface area contributed by atoms with Crippen molar-refractivity contribution in [1.29, 1.82) is 0 Å². The summed E-state index contributed by atoms with van der Waals surface area (Å²) in [6, 6.07) is 11.6. The predicted octanol–water partition coefficient (Wildman–Crippen LogP) is 13.6. The van der Waals surface area contributed by atoms with Crippen LogP contribution in [0.5, 0.6) is 34.5 Å². The minimum absolute atomic E-state index is 0.571. The van der Waals surface area contributed by atoms with Crippen molar-refractivity contribution in [2.24, 2.45) is 0 Å². The summed E-state index contributed by atoms with van der Waals surface area (Å²) in [7, 11) is 3.27. The first-order chi connectivity index (χ1) is 30.3. The fourth-order valence-electron chi connectivity index (χ4n) is 7.01. The van der Waals surface area contributed by atoms with Crippen molar-refractivity contribution in [3.63, 3.8) is 0 Å². The molecule has 0 saturated heterocycles. The second kappa shape index (κ2) is 26.4. The van der Waals surface area contributed by atoms with Gasteiger partial charge in [0.1, 0.15) is 57.3 Å². The molecule has 5 aromatic rings. The van der Waals surface area contributed by atoms with Crippen LogP contribution in [0.4, 0.5) is 0 Å². The SMILES string of the molecule is CCCCCCOc1cc(OCCCCCC)c(-n2cc(-c3cc(OC)c(-c4cn(-c5cc(Br)c(OCCCCCC)cc5OCCCCCC)nn4)cc3OC)nn2)cc1Br. The van der Waals surface area contributed by atoms with E-state index in [1.807, 2.05) is 48.8 Å². The van der Waals surface area contributed by atoms with Crippen molar-refractivity contribution < 1.29 is 28.4 Å². The largest absolute Gasteiger partial charge is 0.496 e. The maximum atomic E-state index is 6.39. The van der Waals surface area contributed by atoms with Crippen LogP contribution in [0.3, 0.4) is 0 Å². The Bertz CT molecular complexity index is 1960. The van der Waals surface area contributed by atoms with Gasteiger partial charge in [0.15, 0.2) is 0 Å². The smallest absolute Gasteiger partial charge is 0.148 e. The van der Waals surface area contributed by atoms with Gasteiger partial charge >= 0.3 is 0 Å². The van der Waals surface area contributed by atoms with Gasteiger partial charge < -0.3 is 28.4 Å². The van der Waals surface area contributed by atoms with E-state index in [0.29, 0.717) is 71.9 Å². The molecule has 0 bridgehead atoms. The monoisotopic (exact) mass is 980 g/mol. The average molecular weight is 983 g/mol. The maximum Gasteiger partial charge on any atom is 0.148 e. The highest BCUT2D eigenvalue weighted by Gasteiger charge is 2.22. The minimum atomic E-state index is 0.571. The van der Waals surface area contributed by atoms with Gasteiger partial charge in [0.05, 0.1) is 62.0 Å². The molecule has 2 aromatic heterocycles. The molecule has 0 spiro atoms. The zero-order valence-corrected chi connectivity index (χ0v) is 40.8. The third-order valence-corrected chi connectivity index (χ3v) is 11.8. The third-order valence-electron chi connectivity index (χ3n) is 10.6. The maximum absolute atomic E-state index is 6.39. The molecule has 3 aromatic carbocycles.